The zero-order valence-electron chi connectivity index (χ0n) is 10.1. The van der Waals surface area contributed by atoms with Crippen molar-refractivity contribution in [3.63, 3.8) is 0 Å². The highest BCUT2D eigenvalue weighted by atomic mass is 32.2. The van der Waals surface area contributed by atoms with E-state index in [4.69, 9.17) is 0 Å². The molecule has 0 amide bonds. The number of benzene rings is 1. The van der Waals surface area contributed by atoms with Gasteiger partial charge in [0.2, 0.25) is 0 Å². The molecular formula is C12H9F3N2O2S. The van der Waals surface area contributed by atoms with Crippen LogP contribution in [0.15, 0.2) is 35.5 Å². The van der Waals surface area contributed by atoms with E-state index in [1.807, 2.05) is 0 Å². The molecule has 4 nitrogen and oxygen atoms in total. The predicted molar refractivity (Wildman–Crippen MR) is 64.7 cm³/mol. The summed E-state index contributed by atoms with van der Waals surface area (Å²) in [5, 5.41) is 3.26. The van der Waals surface area contributed by atoms with E-state index in [9.17, 15) is 21.6 Å². The van der Waals surface area contributed by atoms with E-state index in [1.165, 1.54) is 12.1 Å². The molecule has 0 N–H and O–H groups in total. The monoisotopic (exact) mass is 302 g/mol. The molecule has 2 heterocycles. The summed E-state index contributed by atoms with van der Waals surface area (Å²) in [7, 11) is -3.22. The Morgan fingerprint density at radius 2 is 1.95 bits per heavy atom. The third-order valence-electron chi connectivity index (χ3n) is 3.21. The van der Waals surface area contributed by atoms with Crippen molar-refractivity contribution < 1.29 is 21.6 Å². The maximum atomic E-state index is 12.5. The highest BCUT2D eigenvalue weighted by Crippen LogP contribution is 2.31. The lowest BCUT2D eigenvalue weighted by Gasteiger charge is -2.04. The van der Waals surface area contributed by atoms with Gasteiger partial charge in [-0.3, -0.25) is 0 Å². The number of aryl methyl sites for hydroxylation is 1. The summed E-state index contributed by atoms with van der Waals surface area (Å²) in [6.45, 7) is 0. The van der Waals surface area contributed by atoms with Gasteiger partial charge in [0, 0.05) is 11.8 Å². The second kappa shape index (κ2) is 4.08. The quantitative estimate of drug-likeness (QED) is 0.812. The Labute approximate surface area is 112 Å². The van der Waals surface area contributed by atoms with E-state index in [0.29, 0.717) is 23.1 Å². The average Bonchev–Trinajstić information content (AvgIpc) is 2.94. The van der Waals surface area contributed by atoms with Gasteiger partial charge in [0.1, 0.15) is 0 Å². The normalized spacial score (nSPS) is 17.1. The second-order valence-electron chi connectivity index (χ2n) is 4.53. The van der Waals surface area contributed by atoms with E-state index >= 15 is 0 Å². The molecule has 106 valence electrons. The van der Waals surface area contributed by atoms with Crippen molar-refractivity contribution >= 4 is 9.84 Å². The van der Waals surface area contributed by atoms with E-state index < -0.39 is 16.1 Å². The minimum absolute atomic E-state index is 0.0492. The van der Waals surface area contributed by atoms with Gasteiger partial charge in [-0.05, 0) is 29.7 Å². The van der Waals surface area contributed by atoms with Gasteiger partial charge in [0.05, 0.1) is 16.8 Å². The molecule has 2 aromatic rings. The number of halogens is 3. The summed E-state index contributed by atoms with van der Waals surface area (Å²) in [6, 6.07) is 4.55. The molecular weight excluding hydrogens is 293 g/mol. The number of aromatic nitrogens is 2. The van der Waals surface area contributed by atoms with Gasteiger partial charge >= 0.3 is 6.30 Å². The van der Waals surface area contributed by atoms with Crippen LogP contribution in [0.4, 0.5) is 13.2 Å². The van der Waals surface area contributed by atoms with Crippen molar-refractivity contribution in [1.29, 1.82) is 0 Å². The largest absolute Gasteiger partial charge is 0.504 e. The van der Waals surface area contributed by atoms with Gasteiger partial charge in [0.25, 0.3) is 0 Å². The molecule has 3 rings (SSSR count). The first-order valence-electron chi connectivity index (χ1n) is 5.75. The van der Waals surface area contributed by atoms with Crippen LogP contribution in [0.1, 0.15) is 5.56 Å². The van der Waals surface area contributed by atoms with Crippen LogP contribution in [0, 0.1) is 0 Å². The minimum Gasteiger partial charge on any atom is -0.224 e. The molecule has 1 aliphatic heterocycles. The molecule has 0 bridgehead atoms. The smallest absolute Gasteiger partial charge is 0.224 e. The molecule has 0 unspecified atom stereocenters. The molecule has 1 aromatic heterocycles. The van der Waals surface area contributed by atoms with Gasteiger partial charge in [-0.15, -0.1) is 13.2 Å². The molecule has 0 saturated carbocycles. The number of hydrogen-bond acceptors (Lipinski definition) is 3. The molecule has 1 aliphatic rings. The average molecular weight is 302 g/mol. The standard InChI is InChI=1S/C12H9F3N2O2S/c13-12(14,15)17-7-10(6-16-17)8-1-2-11-9(5-8)3-4-20(11,18)19/h1-2,5-7H,3-4H2. The van der Waals surface area contributed by atoms with Crippen LogP contribution < -0.4 is 0 Å². The van der Waals surface area contributed by atoms with Crippen LogP contribution in [0.2, 0.25) is 0 Å². The molecule has 0 spiro atoms. The highest BCUT2D eigenvalue weighted by molar-refractivity contribution is 7.91. The topological polar surface area (TPSA) is 52.0 Å². The molecule has 0 aliphatic carbocycles. The van der Waals surface area contributed by atoms with Crippen LogP contribution >= 0.6 is 0 Å². The van der Waals surface area contributed by atoms with Crippen LogP contribution in [-0.2, 0) is 22.6 Å². The summed E-state index contributed by atoms with van der Waals surface area (Å²) in [4.78, 5) is 0.268. The second-order valence-corrected chi connectivity index (χ2v) is 6.61. The van der Waals surface area contributed by atoms with Crippen molar-refractivity contribution in [2.75, 3.05) is 5.75 Å². The third-order valence-corrected chi connectivity index (χ3v) is 5.02. The first kappa shape index (κ1) is 13.2. The van der Waals surface area contributed by atoms with E-state index in [0.717, 1.165) is 12.4 Å². The number of alkyl halides is 3. The van der Waals surface area contributed by atoms with Crippen LogP contribution in [0.5, 0.6) is 0 Å². The lowest BCUT2D eigenvalue weighted by atomic mass is 10.1. The molecule has 0 fully saturated rings. The fourth-order valence-electron chi connectivity index (χ4n) is 2.22. The molecule has 0 atom stereocenters. The zero-order valence-corrected chi connectivity index (χ0v) is 10.9. The summed E-state index contributed by atoms with van der Waals surface area (Å²) < 4.78 is 60.6. The number of hydrogen-bond donors (Lipinski definition) is 0. The van der Waals surface area contributed by atoms with E-state index in [1.54, 1.807) is 6.07 Å². The minimum atomic E-state index is -4.56. The Morgan fingerprint density at radius 1 is 1.20 bits per heavy atom. The van der Waals surface area contributed by atoms with E-state index in [-0.39, 0.29) is 15.3 Å². The lowest BCUT2D eigenvalue weighted by Crippen LogP contribution is -2.16. The Balaban J connectivity index is 2.03. The molecule has 0 saturated heterocycles. The van der Waals surface area contributed by atoms with Crippen LogP contribution in [0.3, 0.4) is 0 Å². The number of sulfone groups is 1. The lowest BCUT2D eigenvalue weighted by molar-refractivity contribution is -0.212. The Morgan fingerprint density at radius 3 is 2.60 bits per heavy atom. The van der Waals surface area contributed by atoms with Crippen molar-refractivity contribution in [1.82, 2.24) is 9.78 Å². The molecule has 20 heavy (non-hydrogen) atoms. The van der Waals surface area contributed by atoms with Gasteiger partial charge in [0.15, 0.2) is 9.84 Å². The van der Waals surface area contributed by atoms with Crippen molar-refractivity contribution in [2.24, 2.45) is 0 Å². The SMILES string of the molecule is O=S1(=O)CCc2cc(-c3cnn(C(F)(F)F)c3)ccc21. The number of rotatable bonds is 1. The Bertz CT molecular complexity index is 778. The van der Waals surface area contributed by atoms with Crippen LogP contribution in [0.25, 0.3) is 11.1 Å². The third kappa shape index (κ3) is 2.09. The number of nitrogens with zero attached hydrogens (tertiary/aromatic N) is 2. The molecule has 8 heteroatoms. The summed E-state index contributed by atoms with van der Waals surface area (Å²) >= 11 is 0. The maximum Gasteiger partial charge on any atom is 0.504 e. The summed E-state index contributed by atoms with van der Waals surface area (Å²) in [6.07, 6.45) is -2.18. The zero-order chi connectivity index (χ0) is 14.5. The fourth-order valence-corrected chi connectivity index (χ4v) is 3.77. The van der Waals surface area contributed by atoms with Gasteiger partial charge in [-0.2, -0.15) is 9.78 Å². The van der Waals surface area contributed by atoms with Crippen LogP contribution in [-0.4, -0.2) is 24.0 Å². The first-order valence-corrected chi connectivity index (χ1v) is 7.40. The van der Waals surface area contributed by atoms with Gasteiger partial charge < -0.3 is 0 Å². The summed E-state index contributed by atoms with van der Waals surface area (Å²) in [5.74, 6) is 0.0492. The fraction of sp³-hybridized carbons (Fsp3) is 0.250. The predicted octanol–water partition coefficient (Wildman–Crippen LogP) is 2.36. The number of fused-ring (bicyclic) bond motifs is 1. The first-order chi connectivity index (χ1) is 9.27. The maximum absolute atomic E-state index is 12.5. The molecule has 0 radical (unpaired) electrons. The highest BCUT2D eigenvalue weighted by Gasteiger charge is 2.32. The summed E-state index contributed by atoms with van der Waals surface area (Å²) in [5.41, 5.74) is 1.47. The Hall–Kier alpha value is -1.83. The van der Waals surface area contributed by atoms with Crippen molar-refractivity contribution in [3.05, 3.63) is 36.2 Å². The Kier molecular flexibility index (Phi) is 2.69. The molecule has 1 aromatic carbocycles. The van der Waals surface area contributed by atoms with Gasteiger partial charge in [-0.25, -0.2) is 8.42 Å². The van der Waals surface area contributed by atoms with Crippen molar-refractivity contribution in [3.8, 4) is 11.1 Å². The van der Waals surface area contributed by atoms with E-state index in [2.05, 4.69) is 5.10 Å². The van der Waals surface area contributed by atoms with Gasteiger partial charge in [-0.1, -0.05) is 6.07 Å². The van der Waals surface area contributed by atoms with Crippen molar-refractivity contribution in [2.45, 2.75) is 17.6 Å².